The van der Waals surface area contributed by atoms with Gasteiger partial charge in [0.25, 0.3) is 0 Å². The highest BCUT2D eigenvalue weighted by Gasteiger charge is 2.25. The number of anilines is 2. The lowest BCUT2D eigenvalue weighted by molar-refractivity contribution is 0.190. The molecular weight excluding hydrogens is 300 g/mol. The number of hydrogen-bond acceptors (Lipinski definition) is 3. The Morgan fingerprint density at radius 2 is 1.92 bits per heavy atom. The van der Waals surface area contributed by atoms with Crippen LogP contribution in [-0.2, 0) is 6.42 Å². The Balaban J connectivity index is 1.33. The number of piperazine rings is 1. The molecule has 128 valence electrons. The summed E-state index contributed by atoms with van der Waals surface area (Å²) in [6, 6.07) is 7.08. The zero-order valence-corrected chi connectivity index (χ0v) is 14.2. The van der Waals surface area contributed by atoms with Crippen LogP contribution >= 0.6 is 0 Å². The number of fused-ring (bicyclic) bond motifs is 1. The van der Waals surface area contributed by atoms with Crippen molar-refractivity contribution in [3.63, 3.8) is 0 Å². The molecule has 1 saturated carbocycles. The highest BCUT2D eigenvalue weighted by molar-refractivity contribution is 5.75. The Labute approximate surface area is 143 Å². The molecule has 2 amide bonds. The smallest absolute Gasteiger partial charge is 0.317 e. The first-order chi connectivity index (χ1) is 11.7. The monoisotopic (exact) mass is 326 g/mol. The summed E-state index contributed by atoms with van der Waals surface area (Å²) in [5.74, 6) is 0. The Morgan fingerprint density at radius 1 is 1.17 bits per heavy atom. The molecule has 3 aliphatic rings. The van der Waals surface area contributed by atoms with Gasteiger partial charge < -0.3 is 20.4 Å². The molecule has 2 N–H and O–H groups in total. The van der Waals surface area contributed by atoms with E-state index in [9.17, 15) is 4.79 Å². The Morgan fingerprint density at radius 3 is 2.67 bits per heavy atom. The van der Waals surface area contributed by atoms with Crippen molar-refractivity contribution in [3.8, 4) is 0 Å². The lowest BCUT2D eigenvalue weighted by Crippen LogP contribution is -2.53. The van der Waals surface area contributed by atoms with E-state index < -0.39 is 0 Å². The summed E-state index contributed by atoms with van der Waals surface area (Å²) in [4.78, 5) is 16.7. The molecule has 0 atom stereocenters. The largest absolute Gasteiger partial charge is 0.368 e. The molecule has 4 rings (SSSR count). The number of hydrogen-bond donors (Lipinski definition) is 2. The van der Waals surface area contributed by atoms with E-state index in [1.807, 2.05) is 4.90 Å². The number of carbonyl (C=O) groups is 1. The van der Waals surface area contributed by atoms with Gasteiger partial charge in [0.2, 0.25) is 0 Å². The van der Waals surface area contributed by atoms with Gasteiger partial charge in [-0.3, -0.25) is 0 Å². The average molecular weight is 326 g/mol. The number of urea groups is 1. The summed E-state index contributed by atoms with van der Waals surface area (Å²) in [5.41, 5.74) is 4.81. The third-order valence-corrected chi connectivity index (χ3v) is 5.42. The van der Waals surface area contributed by atoms with E-state index in [1.165, 1.54) is 29.8 Å². The van der Waals surface area contributed by atoms with Crippen LogP contribution in [-0.4, -0.2) is 43.2 Å². The van der Waals surface area contributed by atoms with Gasteiger partial charge in [-0.1, -0.05) is 19.4 Å². The SMILES string of the molecule is C=C1Cc2cc(N3CCN(C(=O)NC4CCCC4)CC3)ccc2N1. The lowest BCUT2D eigenvalue weighted by Gasteiger charge is -2.36. The maximum Gasteiger partial charge on any atom is 0.317 e. The second kappa shape index (κ2) is 6.38. The van der Waals surface area contributed by atoms with Crippen molar-refractivity contribution >= 4 is 17.4 Å². The molecule has 0 aromatic heterocycles. The minimum Gasteiger partial charge on any atom is -0.368 e. The molecule has 2 fully saturated rings. The molecule has 1 aromatic carbocycles. The number of nitrogens with zero attached hydrogens (tertiary/aromatic N) is 2. The van der Waals surface area contributed by atoms with Crippen LogP contribution in [0.25, 0.3) is 0 Å². The van der Waals surface area contributed by atoms with Crippen molar-refractivity contribution < 1.29 is 4.79 Å². The summed E-state index contributed by atoms with van der Waals surface area (Å²) in [6.45, 7) is 7.38. The second-order valence-corrected chi connectivity index (χ2v) is 7.15. The summed E-state index contributed by atoms with van der Waals surface area (Å²) in [6.07, 6.45) is 5.68. The van der Waals surface area contributed by atoms with Gasteiger partial charge >= 0.3 is 6.03 Å². The quantitative estimate of drug-likeness (QED) is 0.878. The fraction of sp³-hybridized carbons (Fsp3) is 0.526. The molecule has 1 aromatic rings. The van der Waals surface area contributed by atoms with Crippen molar-refractivity contribution in [1.29, 1.82) is 0 Å². The highest BCUT2D eigenvalue weighted by Crippen LogP contribution is 2.31. The highest BCUT2D eigenvalue weighted by atomic mass is 16.2. The minimum atomic E-state index is 0.121. The van der Waals surface area contributed by atoms with Gasteiger partial charge in [-0.05, 0) is 36.6 Å². The fourth-order valence-corrected chi connectivity index (χ4v) is 4.01. The summed E-state index contributed by atoms with van der Waals surface area (Å²) < 4.78 is 0. The average Bonchev–Trinajstić information content (AvgIpc) is 3.22. The number of carbonyl (C=O) groups excluding carboxylic acids is 1. The van der Waals surface area contributed by atoms with Gasteiger partial charge in [0.1, 0.15) is 0 Å². The zero-order chi connectivity index (χ0) is 16.5. The summed E-state index contributed by atoms with van der Waals surface area (Å²) in [5, 5.41) is 6.50. The third-order valence-electron chi connectivity index (χ3n) is 5.42. The van der Waals surface area contributed by atoms with Crippen molar-refractivity contribution in [2.75, 3.05) is 36.4 Å². The Hall–Kier alpha value is -2.17. The van der Waals surface area contributed by atoms with Crippen molar-refractivity contribution in [3.05, 3.63) is 36.0 Å². The molecule has 2 heterocycles. The van der Waals surface area contributed by atoms with Crippen LogP contribution in [0.3, 0.4) is 0 Å². The third kappa shape index (κ3) is 3.07. The maximum absolute atomic E-state index is 12.4. The van der Waals surface area contributed by atoms with Crippen molar-refractivity contribution in [1.82, 2.24) is 10.2 Å². The van der Waals surface area contributed by atoms with E-state index in [0.29, 0.717) is 6.04 Å². The van der Waals surface area contributed by atoms with E-state index in [-0.39, 0.29) is 6.03 Å². The Bertz CT molecular complexity index is 643. The van der Waals surface area contributed by atoms with Crippen LogP contribution in [0.15, 0.2) is 30.5 Å². The van der Waals surface area contributed by atoms with Gasteiger partial charge in [0.05, 0.1) is 0 Å². The predicted octanol–water partition coefficient (Wildman–Crippen LogP) is 2.94. The fourth-order valence-electron chi connectivity index (χ4n) is 4.01. The second-order valence-electron chi connectivity index (χ2n) is 7.15. The molecule has 0 spiro atoms. The standard InChI is InChI=1S/C19H26N4O/c1-14-12-15-13-17(6-7-18(15)20-14)22-8-10-23(11-9-22)19(24)21-16-4-2-3-5-16/h6-7,13,16,20H,1-5,8-12H2,(H,21,24). The van der Waals surface area contributed by atoms with Crippen LogP contribution in [0.5, 0.6) is 0 Å². The normalized spacial score (nSPS) is 20.9. The number of amides is 2. The number of nitrogens with one attached hydrogen (secondary N) is 2. The van der Waals surface area contributed by atoms with E-state index in [1.54, 1.807) is 0 Å². The molecule has 0 radical (unpaired) electrons. The van der Waals surface area contributed by atoms with Gasteiger partial charge in [0, 0.05) is 55.7 Å². The topological polar surface area (TPSA) is 47.6 Å². The summed E-state index contributed by atoms with van der Waals surface area (Å²) >= 11 is 0. The predicted molar refractivity (Wildman–Crippen MR) is 97.5 cm³/mol. The van der Waals surface area contributed by atoms with Gasteiger partial charge in [-0.25, -0.2) is 4.79 Å². The molecule has 0 bridgehead atoms. The molecule has 1 aliphatic carbocycles. The zero-order valence-electron chi connectivity index (χ0n) is 14.2. The van der Waals surface area contributed by atoms with Gasteiger partial charge in [0.15, 0.2) is 0 Å². The van der Waals surface area contributed by atoms with E-state index in [2.05, 4.69) is 40.3 Å². The molecule has 24 heavy (non-hydrogen) atoms. The number of allylic oxidation sites excluding steroid dienone is 1. The van der Waals surface area contributed by atoms with Crippen LogP contribution in [0.1, 0.15) is 31.2 Å². The maximum atomic E-state index is 12.4. The van der Waals surface area contributed by atoms with Crippen LogP contribution in [0.4, 0.5) is 16.2 Å². The first-order valence-corrected chi connectivity index (χ1v) is 9.07. The minimum absolute atomic E-state index is 0.121. The first-order valence-electron chi connectivity index (χ1n) is 9.07. The van der Waals surface area contributed by atoms with Crippen LogP contribution < -0.4 is 15.5 Å². The van der Waals surface area contributed by atoms with Crippen LogP contribution in [0, 0.1) is 0 Å². The number of benzene rings is 1. The molecule has 5 heteroatoms. The summed E-state index contributed by atoms with van der Waals surface area (Å²) in [7, 11) is 0. The molecule has 5 nitrogen and oxygen atoms in total. The van der Waals surface area contributed by atoms with E-state index in [4.69, 9.17) is 0 Å². The molecular formula is C19H26N4O. The number of rotatable bonds is 2. The van der Waals surface area contributed by atoms with E-state index in [0.717, 1.165) is 51.1 Å². The van der Waals surface area contributed by atoms with Crippen molar-refractivity contribution in [2.24, 2.45) is 0 Å². The first kappa shape index (κ1) is 15.4. The Kier molecular flexibility index (Phi) is 4.08. The van der Waals surface area contributed by atoms with Gasteiger partial charge in [-0.2, -0.15) is 0 Å². The van der Waals surface area contributed by atoms with Crippen LogP contribution in [0.2, 0.25) is 0 Å². The van der Waals surface area contributed by atoms with Gasteiger partial charge in [-0.15, -0.1) is 0 Å². The van der Waals surface area contributed by atoms with E-state index >= 15 is 0 Å². The molecule has 1 saturated heterocycles. The lowest BCUT2D eigenvalue weighted by atomic mass is 10.1. The molecule has 0 unspecified atom stereocenters. The van der Waals surface area contributed by atoms with Crippen molar-refractivity contribution in [2.45, 2.75) is 38.1 Å². The molecule has 2 aliphatic heterocycles.